The van der Waals surface area contributed by atoms with Gasteiger partial charge in [0.1, 0.15) is 5.75 Å². The number of hydrogen-bond acceptors (Lipinski definition) is 4. The quantitative estimate of drug-likeness (QED) is 0.488. The molecule has 35 heavy (non-hydrogen) atoms. The number of ether oxygens (including phenoxy) is 1. The van der Waals surface area contributed by atoms with Gasteiger partial charge in [0.05, 0.1) is 17.1 Å². The van der Waals surface area contributed by atoms with Crippen molar-refractivity contribution in [3.8, 4) is 5.75 Å². The lowest BCUT2D eigenvalue weighted by atomic mass is 9.86. The Morgan fingerprint density at radius 3 is 2.43 bits per heavy atom. The van der Waals surface area contributed by atoms with Crippen LogP contribution in [0.2, 0.25) is 0 Å². The van der Waals surface area contributed by atoms with Gasteiger partial charge in [0.15, 0.2) is 6.10 Å². The second kappa shape index (κ2) is 11.0. The molecular formula is C28H40N2O4S. The summed E-state index contributed by atoms with van der Waals surface area (Å²) in [6, 6.07) is 12.4. The Kier molecular flexibility index (Phi) is 8.52. The monoisotopic (exact) mass is 500 g/mol. The Morgan fingerprint density at radius 1 is 1.14 bits per heavy atom. The molecule has 192 valence electrons. The SMILES string of the molecule is CCCC[C@H](CC)CNC(=O)[C@@H]1CN(S(=O)(=O)c2ccc(C)cc2)c2cc(C(C)(C)C)ccc2O1. The first kappa shape index (κ1) is 27.1. The van der Waals surface area contributed by atoms with Crippen molar-refractivity contribution >= 4 is 21.6 Å². The van der Waals surface area contributed by atoms with Crippen molar-refractivity contribution in [2.75, 3.05) is 17.4 Å². The lowest BCUT2D eigenvalue weighted by molar-refractivity contribution is -0.127. The van der Waals surface area contributed by atoms with Crippen LogP contribution in [-0.4, -0.2) is 33.5 Å². The molecule has 1 amide bonds. The molecule has 2 aromatic rings. The predicted octanol–water partition coefficient (Wildman–Crippen LogP) is 5.58. The van der Waals surface area contributed by atoms with Crippen LogP contribution in [0.4, 0.5) is 5.69 Å². The van der Waals surface area contributed by atoms with E-state index in [-0.39, 0.29) is 22.8 Å². The number of hydrogen-bond donors (Lipinski definition) is 1. The smallest absolute Gasteiger partial charge is 0.264 e. The van der Waals surface area contributed by atoms with E-state index in [9.17, 15) is 13.2 Å². The summed E-state index contributed by atoms with van der Waals surface area (Å²) in [5.74, 6) is 0.518. The summed E-state index contributed by atoms with van der Waals surface area (Å²) >= 11 is 0. The first-order valence-corrected chi connectivity index (χ1v) is 14.1. The highest BCUT2D eigenvalue weighted by atomic mass is 32.2. The minimum atomic E-state index is -3.90. The highest BCUT2D eigenvalue weighted by Gasteiger charge is 2.38. The molecule has 1 heterocycles. The number of rotatable bonds is 9. The van der Waals surface area contributed by atoms with E-state index in [1.807, 2.05) is 19.1 Å². The molecule has 7 heteroatoms. The maximum atomic E-state index is 13.8. The van der Waals surface area contributed by atoms with Crippen molar-refractivity contribution < 1.29 is 17.9 Å². The number of sulfonamides is 1. The Labute approximate surface area is 211 Å². The zero-order valence-corrected chi connectivity index (χ0v) is 22.7. The van der Waals surface area contributed by atoms with Crippen LogP contribution in [0, 0.1) is 12.8 Å². The van der Waals surface area contributed by atoms with Gasteiger partial charge in [0, 0.05) is 6.54 Å². The molecule has 1 aliphatic rings. The number of nitrogens with one attached hydrogen (secondary N) is 1. The topological polar surface area (TPSA) is 75.7 Å². The van der Waals surface area contributed by atoms with Crippen molar-refractivity contribution in [1.82, 2.24) is 5.32 Å². The lowest BCUT2D eigenvalue weighted by Gasteiger charge is -2.36. The fourth-order valence-corrected chi connectivity index (χ4v) is 5.69. The fraction of sp³-hybridized carbons (Fsp3) is 0.536. The third-order valence-corrected chi connectivity index (χ3v) is 8.50. The van der Waals surface area contributed by atoms with Crippen LogP contribution in [0.5, 0.6) is 5.75 Å². The molecule has 0 saturated carbocycles. The molecule has 0 saturated heterocycles. The van der Waals surface area contributed by atoms with Gasteiger partial charge in [-0.15, -0.1) is 0 Å². The van der Waals surface area contributed by atoms with Crippen molar-refractivity contribution in [3.63, 3.8) is 0 Å². The van der Waals surface area contributed by atoms with Gasteiger partial charge in [-0.25, -0.2) is 8.42 Å². The van der Waals surface area contributed by atoms with Gasteiger partial charge in [-0.2, -0.15) is 0 Å². The largest absolute Gasteiger partial charge is 0.476 e. The molecule has 2 aromatic carbocycles. The normalized spacial score (nSPS) is 16.9. The number of benzene rings is 2. The van der Waals surface area contributed by atoms with E-state index in [0.29, 0.717) is 23.9 Å². The van der Waals surface area contributed by atoms with E-state index in [0.717, 1.165) is 36.8 Å². The number of anilines is 1. The molecular weight excluding hydrogens is 460 g/mol. The van der Waals surface area contributed by atoms with Gasteiger partial charge < -0.3 is 10.1 Å². The van der Waals surface area contributed by atoms with Crippen molar-refractivity contribution in [3.05, 3.63) is 53.6 Å². The Morgan fingerprint density at radius 2 is 1.83 bits per heavy atom. The van der Waals surface area contributed by atoms with E-state index in [4.69, 9.17) is 4.74 Å². The van der Waals surface area contributed by atoms with Crippen LogP contribution in [-0.2, 0) is 20.2 Å². The van der Waals surface area contributed by atoms with Crippen molar-refractivity contribution in [2.45, 2.75) is 83.6 Å². The van der Waals surface area contributed by atoms with Gasteiger partial charge in [-0.05, 0) is 54.5 Å². The number of unbranched alkanes of at least 4 members (excludes halogenated alkanes) is 1. The zero-order valence-electron chi connectivity index (χ0n) is 21.9. The molecule has 2 atom stereocenters. The summed E-state index contributed by atoms with van der Waals surface area (Å²) in [6.07, 6.45) is 3.37. The second-order valence-electron chi connectivity index (χ2n) is 10.5. The summed E-state index contributed by atoms with van der Waals surface area (Å²) < 4.78 is 34.9. The van der Waals surface area contributed by atoms with Gasteiger partial charge in [-0.3, -0.25) is 9.10 Å². The average molecular weight is 501 g/mol. The van der Waals surface area contributed by atoms with E-state index in [2.05, 4.69) is 39.9 Å². The first-order chi connectivity index (χ1) is 16.5. The van der Waals surface area contributed by atoms with Crippen LogP contribution in [0.1, 0.15) is 71.4 Å². The third-order valence-electron chi connectivity index (χ3n) is 6.70. The van der Waals surface area contributed by atoms with E-state index in [1.54, 1.807) is 30.3 Å². The molecule has 3 rings (SSSR count). The predicted molar refractivity (Wildman–Crippen MR) is 142 cm³/mol. The number of aryl methyl sites for hydroxylation is 1. The molecule has 0 radical (unpaired) electrons. The molecule has 6 nitrogen and oxygen atoms in total. The summed E-state index contributed by atoms with van der Waals surface area (Å²) in [7, 11) is -3.90. The van der Waals surface area contributed by atoms with Crippen LogP contribution in [0.25, 0.3) is 0 Å². The third kappa shape index (κ3) is 6.37. The molecule has 1 N–H and O–H groups in total. The Hall–Kier alpha value is -2.54. The highest BCUT2D eigenvalue weighted by Crippen LogP contribution is 2.40. The molecule has 0 aromatic heterocycles. The minimum absolute atomic E-state index is 0.0750. The maximum Gasteiger partial charge on any atom is 0.264 e. The van der Waals surface area contributed by atoms with Crippen molar-refractivity contribution in [1.29, 1.82) is 0 Å². The zero-order chi connectivity index (χ0) is 25.8. The van der Waals surface area contributed by atoms with Gasteiger partial charge >= 0.3 is 0 Å². The molecule has 0 fully saturated rings. The Balaban J connectivity index is 1.94. The standard InChI is InChI=1S/C28H40N2O4S/c1-7-9-10-21(8-2)18-29-27(31)26-19-30(35(32,33)23-14-11-20(3)12-15-23)24-17-22(28(4,5)6)13-16-25(24)34-26/h11-17,21,26H,7-10,18-19H2,1-6H3,(H,29,31)/t21-,26-/m0/s1. The lowest BCUT2D eigenvalue weighted by Crippen LogP contribution is -2.51. The molecule has 0 aliphatic carbocycles. The van der Waals surface area contributed by atoms with Crippen molar-refractivity contribution in [2.24, 2.45) is 5.92 Å². The van der Waals surface area contributed by atoms with Gasteiger partial charge in [-0.1, -0.05) is 77.6 Å². The Bertz CT molecular complexity index is 1120. The van der Waals surface area contributed by atoms with E-state index >= 15 is 0 Å². The summed E-state index contributed by atoms with van der Waals surface area (Å²) in [5, 5.41) is 3.01. The van der Waals surface area contributed by atoms with Crippen LogP contribution in [0.15, 0.2) is 47.4 Å². The summed E-state index contributed by atoms with van der Waals surface area (Å²) in [5.41, 5.74) is 2.27. The van der Waals surface area contributed by atoms with Crippen LogP contribution >= 0.6 is 0 Å². The second-order valence-corrected chi connectivity index (χ2v) is 12.4. The number of carbonyl (C=O) groups is 1. The molecule has 1 aliphatic heterocycles. The first-order valence-electron chi connectivity index (χ1n) is 12.7. The molecule has 0 bridgehead atoms. The maximum absolute atomic E-state index is 13.8. The number of amides is 1. The summed E-state index contributed by atoms with van der Waals surface area (Å²) in [4.78, 5) is 13.3. The van der Waals surface area contributed by atoms with Crippen LogP contribution < -0.4 is 14.4 Å². The molecule has 0 unspecified atom stereocenters. The number of carbonyl (C=O) groups excluding carboxylic acids is 1. The summed E-state index contributed by atoms with van der Waals surface area (Å²) in [6.45, 7) is 12.9. The van der Waals surface area contributed by atoms with Gasteiger partial charge in [0.2, 0.25) is 0 Å². The van der Waals surface area contributed by atoms with E-state index in [1.165, 1.54) is 4.31 Å². The highest BCUT2D eigenvalue weighted by molar-refractivity contribution is 7.92. The number of fused-ring (bicyclic) bond motifs is 1. The fourth-order valence-electron chi connectivity index (χ4n) is 4.22. The molecule has 0 spiro atoms. The minimum Gasteiger partial charge on any atom is -0.476 e. The van der Waals surface area contributed by atoms with E-state index < -0.39 is 16.1 Å². The van der Waals surface area contributed by atoms with Crippen LogP contribution in [0.3, 0.4) is 0 Å². The van der Waals surface area contributed by atoms with Gasteiger partial charge in [0.25, 0.3) is 15.9 Å². The average Bonchev–Trinajstić information content (AvgIpc) is 2.82. The number of nitrogens with zero attached hydrogens (tertiary/aromatic N) is 1.